The van der Waals surface area contributed by atoms with Gasteiger partial charge in [0.1, 0.15) is 11.4 Å². The number of rotatable bonds is 6. The fraction of sp³-hybridized carbons (Fsp3) is 0.567. The number of halogens is 1. The molecule has 8 nitrogen and oxygen atoms in total. The molecule has 0 bridgehead atoms. The van der Waals surface area contributed by atoms with E-state index in [9.17, 15) is 14.0 Å². The maximum Gasteiger partial charge on any atom is 0.410 e. The van der Waals surface area contributed by atoms with E-state index in [0.29, 0.717) is 43.9 Å². The minimum Gasteiger partial charge on any atom is -0.444 e. The Morgan fingerprint density at radius 3 is 2.56 bits per heavy atom. The number of fused-ring (bicyclic) bond motifs is 1. The highest BCUT2D eigenvalue weighted by atomic mass is 19.1. The number of pyridine rings is 1. The van der Waals surface area contributed by atoms with Gasteiger partial charge in [-0.3, -0.25) is 14.7 Å². The maximum atomic E-state index is 14.3. The topological polar surface area (TPSA) is 75.2 Å². The molecule has 2 aliphatic heterocycles. The zero-order valence-corrected chi connectivity index (χ0v) is 24.2. The van der Waals surface area contributed by atoms with E-state index in [4.69, 9.17) is 9.47 Å². The first-order valence-electron chi connectivity index (χ1n) is 13.5. The van der Waals surface area contributed by atoms with E-state index in [1.54, 1.807) is 24.1 Å². The van der Waals surface area contributed by atoms with E-state index in [-0.39, 0.29) is 41.9 Å². The smallest absolute Gasteiger partial charge is 0.410 e. The first-order valence-corrected chi connectivity index (χ1v) is 13.5. The Morgan fingerprint density at radius 2 is 1.90 bits per heavy atom. The Balaban J connectivity index is 1.52. The quantitative estimate of drug-likeness (QED) is 0.541. The number of carbonyl (C=O) groups is 2. The summed E-state index contributed by atoms with van der Waals surface area (Å²) in [7, 11) is 1.62. The number of methoxy groups -OCH3 is 1. The molecule has 0 spiro atoms. The molecule has 4 rings (SSSR count). The third kappa shape index (κ3) is 6.58. The number of nitrogens with zero attached hydrogens (tertiary/aromatic N) is 4. The van der Waals surface area contributed by atoms with Crippen LogP contribution in [0.2, 0.25) is 0 Å². The van der Waals surface area contributed by atoms with Crippen molar-refractivity contribution in [2.45, 2.75) is 71.1 Å². The van der Waals surface area contributed by atoms with Crippen molar-refractivity contribution in [3.63, 3.8) is 0 Å². The molecule has 1 unspecified atom stereocenters. The van der Waals surface area contributed by atoms with Crippen LogP contribution in [-0.2, 0) is 26.1 Å². The van der Waals surface area contributed by atoms with E-state index in [1.165, 1.54) is 6.07 Å². The lowest BCUT2D eigenvalue weighted by atomic mass is 9.88. The fourth-order valence-corrected chi connectivity index (χ4v) is 5.44. The van der Waals surface area contributed by atoms with Crippen LogP contribution in [0.25, 0.3) is 0 Å². The lowest BCUT2D eigenvalue weighted by Gasteiger charge is -2.45. The lowest BCUT2D eigenvalue weighted by Crippen LogP contribution is -2.62. The van der Waals surface area contributed by atoms with Crippen LogP contribution in [0.15, 0.2) is 36.5 Å². The van der Waals surface area contributed by atoms with Gasteiger partial charge in [-0.05, 0) is 45.4 Å². The van der Waals surface area contributed by atoms with Crippen molar-refractivity contribution in [2.75, 3.05) is 44.8 Å². The van der Waals surface area contributed by atoms with E-state index < -0.39 is 5.60 Å². The predicted molar refractivity (Wildman–Crippen MR) is 148 cm³/mol. The first-order chi connectivity index (χ1) is 18.3. The summed E-state index contributed by atoms with van der Waals surface area (Å²) in [5, 5.41) is 0. The summed E-state index contributed by atoms with van der Waals surface area (Å²) in [6.07, 6.45) is 1.82. The molecule has 39 heavy (non-hydrogen) atoms. The molecule has 1 saturated heterocycles. The molecule has 1 aromatic carbocycles. The number of ether oxygens (including phenoxy) is 2. The molecule has 0 N–H and O–H groups in total. The molecule has 3 heterocycles. The summed E-state index contributed by atoms with van der Waals surface area (Å²) in [6.45, 7) is 13.8. The third-order valence-electron chi connectivity index (χ3n) is 7.42. The number of anilines is 1. The van der Waals surface area contributed by atoms with E-state index in [2.05, 4.69) is 23.7 Å². The second kappa shape index (κ2) is 11.2. The molecule has 212 valence electrons. The summed E-state index contributed by atoms with van der Waals surface area (Å²) >= 11 is 0. The van der Waals surface area contributed by atoms with Crippen LogP contribution < -0.4 is 4.90 Å². The van der Waals surface area contributed by atoms with Crippen LogP contribution in [0.1, 0.15) is 58.4 Å². The molecule has 0 radical (unpaired) electrons. The number of hydrogen-bond donors (Lipinski definition) is 0. The van der Waals surface area contributed by atoms with Crippen LogP contribution in [0.4, 0.5) is 14.9 Å². The highest BCUT2D eigenvalue weighted by Gasteiger charge is 2.41. The molecular weight excluding hydrogens is 499 g/mol. The molecule has 0 saturated carbocycles. The zero-order chi connectivity index (χ0) is 28.5. The van der Waals surface area contributed by atoms with Gasteiger partial charge in [0.05, 0.1) is 24.9 Å². The first kappa shape index (κ1) is 29.0. The van der Waals surface area contributed by atoms with Crippen LogP contribution in [0.3, 0.4) is 0 Å². The molecule has 9 heteroatoms. The van der Waals surface area contributed by atoms with Gasteiger partial charge in [-0.1, -0.05) is 32.0 Å². The van der Waals surface area contributed by atoms with Gasteiger partial charge in [0.25, 0.3) is 0 Å². The highest BCUT2D eigenvalue weighted by Crippen LogP contribution is 2.40. The fourth-order valence-electron chi connectivity index (χ4n) is 5.44. The van der Waals surface area contributed by atoms with Gasteiger partial charge >= 0.3 is 6.09 Å². The molecule has 2 aliphatic rings. The lowest BCUT2D eigenvalue weighted by molar-refractivity contribution is -0.121. The predicted octanol–water partition coefficient (Wildman–Crippen LogP) is 4.39. The zero-order valence-electron chi connectivity index (χ0n) is 24.2. The van der Waals surface area contributed by atoms with Gasteiger partial charge in [0.2, 0.25) is 5.91 Å². The summed E-state index contributed by atoms with van der Waals surface area (Å²) in [5.41, 5.74) is 2.27. The Hall–Kier alpha value is -3.04. The van der Waals surface area contributed by atoms with Crippen molar-refractivity contribution >= 4 is 17.7 Å². The minimum absolute atomic E-state index is 0.0242. The van der Waals surface area contributed by atoms with Gasteiger partial charge in [-0.25, -0.2) is 9.18 Å². The van der Waals surface area contributed by atoms with Crippen molar-refractivity contribution in [1.82, 2.24) is 14.8 Å². The number of benzene rings is 1. The average molecular weight is 541 g/mol. The third-order valence-corrected chi connectivity index (χ3v) is 7.42. The van der Waals surface area contributed by atoms with E-state index >= 15 is 0 Å². The van der Waals surface area contributed by atoms with Crippen LogP contribution in [-0.4, -0.2) is 84.4 Å². The van der Waals surface area contributed by atoms with Gasteiger partial charge in [-0.2, -0.15) is 0 Å². The normalized spacial score (nSPS) is 21.1. The van der Waals surface area contributed by atoms with Crippen LogP contribution >= 0.6 is 0 Å². The molecular formula is C30H41FN4O4. The summed E-state index contributed by atoms with van der Waals surface area (Å²) in [4.78, 5) is 36.9. The maximum absolute atomic E-state index is 14.3. The van der Waals surface area contributed by atoms with Gasteiger partial charge in [-0.15, -0.1) is 0 Å². The van der Waals surface area contributed by atoms with Crippen molar-refractivity contribution in [2.24, 2.45) is 0 Å². The van der Waals surface area contributed by atoms with Gasteiger partial charge in [0.15, 0.2) is 0 Å². The molecule has 1 aromatic heterocycles. The average Bonchev–Trinajstić information content (AvgIpc) is 3.11. The molecule has 2 aromatic rings. The van der Waals surface area contributed by atoms with Gasteiger partial charge < -0.3 is 19.3 Å². The molecule has 1 fully saturated rings. The Labute approximate surface area is 231 Å². The van der Waals surface area contributed by atoms with Crippen molar-refractivity contribution in [1.29, 1.82) is 0 Å². The van der Waals surface area contributed by atoms with Crippen molar-refractivity contribution < 1.29 is 23.5 Å². The number of amides is 2. The Bertz CT molecular complexity index is 1210. The minimum atomic E-state index is -0.587. The second-order valence-electron chi connectivity index (χ2n) is 12.3. The second-order valence-corrected chi connectivity index (χ2v) is 12.3. The standard InChI is InChI=1S/C30H41FN4O4/c1-20-15-33(23(18-38-7)16-34(20)28(37)39-29(2,3)4)17-27(36)35-19-30(5,6)24-14-32-22(13-26(24)35)12-21-10-8-9-11-25(21)31/h8-11,13-14,20,23H,12,15-19H2,1-7H3/t20-,23?/m1/s1. The monoisotopic (exact) mass is 540 g/mol. The highest BCUT2D eigenvalue weighted by molar-refractivity contribution is 5.97. The largest absolute Gasteiger partial charge is 0.444 e. The number of aromatic nitrogens is 1. The molecule has 0 aliphatic carbocycles. The molecule has 2 amide bonds. The summed E-state index contributed by atoms with van der Waals surface area (Å²) < 4.78 is 25.4. The van der Waals surface area contributed by atoms with E-state index in [0.717, 1.165) is 11.3 Å². The van der Waals surface area contributed by atoms with Crippen LogP contribution in [0.5, 0.6) is 0 Å². The van der Waals surface area contributed by atoms with Crippen molar-refractivity contribution in [3.8, 4) is 0 Å². The van der Waals surface area contributed by atoms with Gasteiger partial charge in [0, 0.05) is 62.1 Å². The number of piperazine rings is 1. The Kier molecular flexibility index (Phi) is 8.33. The van der Waals surface area contributed by atoms with E-state index in [1.807, 2.05) is 50.9 Å². The molecule has 2 atom stereocenters. The summed E-state index contributed by atoms with van der Waals surface area (Å²) in [5.74, 6) is -0.291. The summed E-state index contributed by atoms with van der Waals surface area (Å²) in [6, 6.07) is 8.33. The SMILES string of the molecule is COCC1CN(C(=O)OC(C)(C)C)[C@H](C)CN1CC(=O)N1CC(C)(C)c2cnc(Cc3ccccc3F)cc21. The number of carbonyl (C=O) groups excluding carboxylic acids is 2. The van der Waals surface area contributed by atoms with Crippen molar-refractivity contribution in [3.05, 3.63) is 59.2 Å². The Morgan fingerprint density at radius 1 is 1.18 bits per heavy atom. The number of hydrogen-bond acceptors (Lipinski definition) is 6. The van der Waals surface area contributed by atoms with Crippen LogP contribution in [0, 0.1) is 5.82 Å².